The Morgan fingerprint density at radius 1 is 1.02 bits per heavy atom. The van der Waals surface area contributed by atoms with Crippen molar-refractivity contribution < 1.29 is 37.3 Å². The normalized spacial score (nSPS) is 17.0. The molecular formula is C32H38F3N9O5. The number of benzene rings is 1. The molecular weight excluding hydrogens is 647 g/mol. The third-order valence-electron chi connectivity index (χ3n) is 8.51. The van der Waals surface area contributed by atoms with Gasteiger partial charge in [0.05, 0.1) is 29.1 Å². The summed E-state index contributed by atoms with van der Waals surface area (Å²) in [7, 11) is 0. The van der Waals surface area contributed by atoms with Crippen LogP contribution in [-0.4, -0.2) is 113 Å². The van der Waals surface area contributed by atoms with Gasteiger partial charge in [-0.1, -0.05) is 5.21 Å². The van der Waals surface area contributed by atoms with E-state index in [9.17, 15) is 27.9 Å². The van der Waals surface area contributed by atoms with Gasteiger partial charge in [0.1, 0.15) is 46.9 Å². The largest absolute Gasteiger partial charge is 0.488 e. The van der Waals surface area contributed by atoms with Gasteiger partial charge in [-0.3, -0.25) is 9.55 Å². The van der Waals surface area contributed by atoms with Crippen LogP contribution in [0, 0.1) is 12.7 Å². The lowest BCUT2D eigenvalue weighted by Gasteiger charge is -2.44. The van der Waals surface area contributed by atoms with Gasteiger partial charge in [0.25, 0.3) is 0 Å². The zero-order valence-electron chi connectivity index (χ0n) is 27.8. The number of halogens is 3. The molecule has 2 aliphatic heterocycles. The van der Waals surface area contributed by atoms with Crippen molar-refractivity contribution in [2.24, 2.45) is 0 Å². The molecule has 0 spiro atoms. The van der Waals surface area contributed by atoms with Gasteiger partial charge in [0, 0.05) is 44.8 Å². The van der Waals surface area contributed by atoms with Gasteiger partial charge in [-0.25, -0.2) is 23.6 Å². The van der Waals surface area contributed by atoms with Crippen molar-refractivity contribution >= 4 is 23.2 Å². The first-order valence-electron chi connectivity index (χ1n) is 15.8. The van der Waals surface area contributed by atoms with E-state index in [1.807, 2.05) is 27.7 Å². The molecule has 49 heavy (non-hydrogen) atoms. The average molecular weight is 686 g/mol. The van der Waals surface area contributed by atoms with Crippen molar-refractivity contribution in [2.45, 2.75) is 58.4 Å². The average Bonchev–Trinajstić information content (AvgIpc) is 3.62. The summed E-state index contributed by atoms with van der Waals surface area (Å²) < 4.78 is 55.0. The van der Waals surface area contributed by atoms with E-state index >= 15 is 0 Å². The number of hydrogen-bond acceptors (Lipinski definition) is 9. The van der Waals surface area contributed by atoms with Crippen molar-refractivity contribution in [3.63, 3.8) is 0 Å². The number of rotatable bonds is 7. The van der Waals surface area contributed by atoms with Crippen LogP contribution in [0.5, 0.6) is 5.75 Å². The van der Waals surface area contributed by atoms with E-state index in [-0.39, 0.29) is 41.2 Å². The van der Waals surface area contributed by atoms with Crippen LogP contribution in [0.15, 0.2) is 36.8 Å². The third-order valence-corrected chi connectivity index (χ3v) is 8.51. The maximum atomic E-state index is 13.9. The van der Waals surface area contributed by atoms with Crippen LogP contribution in [-0.2, 0) is 10.3 Å². The van der Waals surface area contributed by atoms with Gasteiger partial charge in [-0.2, -0.15) is 8.78 Å². The molecule has 1 unspecified atom stereocenters. The lowest BCUT2D eigenvalue weighted by Crippen LogP contribution is -2.59. The Balaban J connectivity index is 1.15. The molecule has 0 radical (unpaired) electrons. The fourth-order valence-electron chi connectivity index (χ4n) is 5.84. The quantitative estimate of drug-likeness (QED) is 0.300. The first-order valence-corrected chi connectivity index (χ1v) is 15.8. The van der Waals surface area contributed by atoms with Gasteiger partial charge in [-0.15, -0.1) is 5.10 Å². The minimum Gasteiger partial charge on any atom is -0.488 e. The number of ether oxygens (including phenoxy) is 2. The topological polar surface area (TPSA) is 144 Å². The summed E-state index contributed by atoms with van der Waals surface area (Å²) in [4.78, 5) is 38.7. The number of piperazine rings is 1. The van der Waals surface area contributed by atoms with E-state index in [4.69, 9.17) is 9.47 Å². The highest BCUT2D eigenvalue weighted by Crippen LogP contribution is 2.36. The molecule has 2 fully saturated rings. The number of fused-ring (bicyclic) bond motifs is 1. The molecule has 4 aromatic rings. The maximum absolute atomic E-state index is 13.9. The first kappa shape index (κ1) is 34.0. The summed E-state index contributed by atoms with van der Waals surface area (Å²) in [6.07, 6.45) is 1.58. The van der Waals surface area contributed by atoms with Gasteiger partial charge in [0.2, 0.25) is 0 Å². The minimum atomic E-state index is -2.90. The molecule has 1 atom stereocenters. The molecule has 0 bridgehead atoms. The number of imidazole rings is 1. The highest BCUT2D eigenvalue weighted by molar-refractivity contribution is 5.88. The summed E-state index contributed by atoms with van der Waals surface area (Å²) in [5.41, 5.74) is -0.247. The number of urea groups is 1. The summed E-state index contributed by atoms with van der Waals surface area (Å²) in [5.74, 6) is -0.552. The van der Waals surface area contributed by atoms with Crippen LogP contribution < -0.4 is 4.74 Å². The second-order valence-electron chi connectivity index (χ2n) is 13.5. The monoisotopic (exact) mass is 685 g/mol. The van der Waals surface area contributed by atoms with Crippen LogP contribution in [0.4, 0.5) is 22.8 Å². The van der Waals surface area contributed by atoms with Crippen LogP contribution in [0.25, 0.3) is 22.3 Å². The Morgan fingerprint density at radius 3 is 2.35 bits per heavy atom. The summed E-state index contributed by atoms with van der Waals surface area (Å²) >= 11 is 0. The fraction of sp³-hybridized carbons (Fsp3) is 0.500. The molecule has 0 aliphatic carbocycles. The summed E-state index contributed by atoms with van der Waals surface area (Å²) in [5, 5.41) is 19.7. The van der Waals surface area contributed by atoms with Gasteiger partial charge < -0.3 is 29.3 Å². The number of aromatic nitrogens is 6. The fourth-order valence-corrected chi connectivity index (χ4v) is 5.84. The highest BCUT2D eigenvalue weighted by atomic mass is 19.3. The number of likely N-dealkylation sites (tertiary alicyclic amines) is 1. The number of carbonyl (C=O) groups excluding carboxylic acids is 2. The lowest BCUT2D eigenvalue weighted by atomic mass is 10.0. The zero-order valence-corrected chi connectivity index (χ0v) is 27.8. The molecule has 3 aromatic heterocycles. The molecule has 5 heterocycles. The van der Waals surface area contributed by atoms with Gasteiger partial charge >= 0.3 is 18.7 Å². The van der Waals surface area contributed by atoms with Gasteiger partial charge in [0.15, 0.2) is 0 Å². The number of nitrogens with zero attached hydrogens (tertiary/aromatic N) is 9. The van der Waals surface area contributed by atoms with Crippen molar-refractivity contribution in [1.29, 1.82) is 0 Å². The standard InChI is InChI=1S/C32H38F3N9O5/c1-19-26(38-39-44(19)22-15-42(16-22)29(45)40-8-10-41(11-9-40)30(46)49-31(2,3)4)20-12-23-27(43(18-37-23)28(34)35)24(13-20)48-17-32(5,47)25-7-6-21(33)14-36-25/h6-7,12-14,18,22,28,47H,8-11,15-17H2,1-5H3. The van der Waals surface area contributed by atoms with Crippen LogP contribution >= 0.6 is 0 Å². The maximum Gasteiger partial charge on any atom is 0.410 e. The van der Waals surface area contributed by atoms with Crippen molar-refractivity contribution in [3.05, 3.63) is 54.0 Å². The number of hydrogen-bond donors (Lipinski definition) is 1. The van der Waals surface area contributed by atoms with E-state index in [0.717, 1.165) is 18.6 Å². The molecule has 0 saturated carbocycles. The van der Waals surface area contributed by atoms with E-state index in [1.54, 1.807) is 25.4 Å². The molecule has 17 heteroatoms. The number of pyridine rings is 1. The lowest BCUT2D eigenvalue weighted by molar-refractivity contribution is 0.00393. The smallest absolute Gasteiger partial charge is 0.410 e. The number of amides is 3. The van der Waals surface area contributed by atoms with Crippen molar-refractivity contribution in [3.8, 4) is 17.0 Å². The van der Waals surface area contributed by atoms with Crippen LogP contribution in [0.1, 0.15) is 51.7 Å². The molecule has 14 nitrogen and oxygen atoms in total. The Morgan fingerprint density at radius 2 is 1.71 bits per heavy atom. The minimum absolute atomic E-state index is 0.0201. The Labute approximate surface area is 280 Å². The summed E-state index contributed by atoms with van der Waals surface area (Å²) in [6, 6.07) is 5.36. The van der Waals surface area contributed by atoms with Crippen molar-refractivity contribution in [1.82, 2.24) is 44.2 Å². The van der Waals surface area contributed by atoms with E-state index < -0.39 is 29.7 Å². The zero-order chi connectivity index (χ0) is 35.2. The number of alkyl halides is 2. The van der Waals surface area contributed by atoms with E-state index in [1.165, 1.54) is 19.1 Å². The Kier molecular flexibility index (Phi) is 8.89. The Hall–Kier alpha value is -4.93. The van der Waals surface area contributed by atoms with Gasteiger partial charge in [-0.05, 0) is 58.9 Å². The third kappa shape index (κ3) is 6.97. The first-order chi connectivity index (χ1) is 23.1. The molecule has 6 rings (SSSR count). The molecule has 2 aliphatic rings. The number of aliphatic hydroxyl groups is 1. The van der Waals surface area contributed by atoms with Crippen LogP contribution in [0.2, 0.25) is 0 Å². The molecule has 1 N–H and O–H groups in total. The van der Waals surface area contributed by atoms with Crippen LogP contribution in [0.3, 0.4) is 0 Å². The van der Waals surface area contributed by atoms with E-state index in [2.05, 4.69) is 20.3 Å². The SMILES string of the molecule is Cc1c(-c2cc(OCC(C)(O)c3ccc(F)cn3)c3c(c2)ncn3C(F)F)nnn1C1CN(C(=O)N2CCN(C(=O)OC(C)(C)C)CC2)C1. The predicted octanol–water partition coefficient (Wildman–Crippen LogP) is 4.35. The van der Waals surface area contributed by atoms with E-state index in [0.29, 0.717) is 60.8 Å². The molecule has 1 aromatic carbocycles. The highest BCUT2D eigenvalue weighted by Gasteiger charge is 2.38. The second kappa shape index (κ2) is 12.8. The van der Waals surface area contributed by atoms with Crippen molar-refractivity contribution in [2.75, 3.05) is 45.9 Å². The summed E-state index contributed by atoms with van der Waals surface area (Å²) in [6.45, 7) is 7.77. The molecule has 2 saturated heterocycles. The second-order valence-corrected chi connectivity index (χ2v) is 13.5. The number of carbonyl (C=O) groups is 2. The predicted molar refractivity (Wildman–Crippen MR) is 169 cm³/mol. The Bertz CT molecular complexity index is 1840. The molecule has 262 valence electrons. The molecule has 3 amide bonds.